The lowest BCUT2D eigenvalue weighted by molar-refractivity contribution is -0.0511. The van der Waals surface area contributed by atoms with Gasteiger partial charge in [0.25, 0.3) is 5.56 Å². The first-order valence-corrected chi connectivity index (χ1v) is 11.5. The maximum atomic E-state index is 12.5. The number of aliphatic hydroxyl groups is 3. The minimum Gasteiger partial charge on any atom is -0.394 e. The Morgan fingerprint density at radius 3 is 2.59 bits per heavy atom. The van der Waals surface area contributed by atoms with Crippen molar-refractivity contribution in [3.05, 3.63) is 46.5 Å². The van der Waals surface area contributed by atoms with Gasteiger partial charge in [0, 0.05) is 6.54 Å². The first-order valence-electron chi connectivity index (χ1n) is 9.84. The average Bonchev–Trinajstić information content (AvgIpc) is 3.29. The zero-order valence-electron chi connectivity index (χ0n) is 17.0. The lowest BCUT2D eigenvalue weighted by atomic mass is 10.1. The molecule has 4 rings (SSSR count). The van der Waals surface area contributed by atoms with Crippen LogP contribution in [0.2, 0.25) is 0 Å². The average molecular weight is 465 g/mol. The van der Waals surface area contributed by atoms with E-state index in [1.165, 1.54) is 23.0 Å². The lowest BCUT2D eigenvalue weighted by Crippen LogP contribution is -2.33. The molecule has 1 aliphatic heterocycles. The molecule has 0 amide bonds. The van der Waals surface area contributed by atoms with Crippen LogP contribution in [0, 0.1) is 6.92 Å². The van der Waals surface area contributed by atoms with Gasteiger partial charge in [-0.15, -0.1) is 0 Å². The molecule has 1 aliphatic rings. The molecule has 1 aromatic carbocycles. The Hall–Kier alpha value is -2.84. The topological polar surface area (TPSA) is 180 Å². The third-order valence-corrected chi connectivity index (χ3v) is 7.00. The van der Waals surface area contributed by atoms with E-state index in [1.54, 1.807) is 12.1 Å². The van der Waals surface area contributed by atoms with Crippen LogP contribution in [0.15, 0.2) is 40.3 Å². The van der Waals surface area contributed by atoms with Crippen LogP contribution in [0.4, 0.5) is 5.95 Å². The molecule has 13 heteroatoms. The summed E-state index contributed by atoms with van der Waals surface area (Å²) in [7, 11) is -3.54. The number of fused-ring (bicyclic) bond motifs is 1. The van der Waals surface area contributed by atoms with E-state index >= 15 is 0 Å². The first-order chi connectivity index (χ1) is 15.2. The number of aromatic amines is 1. The predicted octanol–water partition coefficient (Wildman–Crippen LogP) is -1.07. The summed E-state index contributed by atoms with van der Waals surface area (Å²) in [4.78, 5) is 23.3. The number of hydrogen-bond donors (Lipinski definition) is 5. The molecule has 4 atom stereocenters. The third kappa shape index (κ3) is 4.12. The summed E-state index contributed by atoms with van der Waals surface area (Å²) in [6, 6.07) is 6.51. The number of aliphatic hydroxyl groups excluding tert-OH is 3. The van der Waals surface area contributed by atoms with Crippen molar-refractivity contribution in [2.45, 2.75) is 36.4 Å². The lowest BCUT2D eigenvalue weighted by Gasteiger charge is -2.16. The maximum absolute atomic E-state index is 12.5. The number of imidazole rings is 1. The summed E-state index contributed by atoms with van der Waals surface area (Å²) in [6.45, 7) is 1.34. The number of hydrogen-bond acceptors (Lipinski definition) is 10. The van der Waals surface area contributed by atoms with Crippen molar-refractivity contribution in [2.24, 2.45) is 0 Å². The quantitative estimate of drug-likeness (QED) is 0.288. The predicted molar refractivity (Wildman–Crippen MR) is 113 cm³/mol. The van der Waals surface area contributed by atoms with Gasteiger partial charge in [-0.3, -0.25) is 14.3 Å². The number of anilines is 1. The molecule has 3 aromatic rings. The van der Waals surface area contributed by atoms with Gasteiger partial charge in [0.05, 0.1) is 23.6 Å². The number of nitrogens with zero attached hydrogens (tertiary/aromatic N) is 3. The Kier molecular flexibility index (Phi) is 6.01. The summed E-state index contributed by atoms with van der Waals surface area (Å²) >= 11 is 0. The molecule has 172 valence electrons. The molecule has 0 unspecified atom stereocenters. The zero-order chi connectivity index (χ0) is 23.0. The van der Waals surface area contributed by atoms with E-state index in [0.29, 0.717) is 0 Å². The van der Waals surface area contributed by atoms with E-state index in [1.807, 2.05) is 6.92 Å². The van der Waals surface area contributed by atoms with Crippen molar-refractivity contribution in [2.75, 3.05) is 24.2 Å². The van der Waals surface area contributed by atoms with E-state index in [4.69, 9.17) is 4.74 Å². The van der Waals surface area contributed by atoms with Crippen LogP contribution in [0.3, 0.4) is 0 Å². The van der Waals surface area contributed by atoms with Gasteiger partial charge in [0.2, 0.25) is 5.95 Å². The Bertz CT molecular complexity index is 1270. The number of nitrogens with one attached hydrogen (secondary N) is 2. The standard InChI is InChI=1S/C19H23N5O7S/c1-10-2-4-11(5-3-10)32(29,30)7-6-20-19-22-16-13(17(28)23-19)21-9-24(16)18-15(27)14(26)12(8-25)31-18/h2-5,9,12,14-15,18,25-27H,6-8H2,1H3,(H2,20,22,23,28)/t12-,14-,15-,18-/m1/s1. The Morgan fingerprint density at radius 1 is 1.22 bits per heavy atom. The summed E-state index contributed by atoms with van der Waals surface area (Å²) in [6.07, 6.45) is -3.58. The Labute approximate surface area is 182 Å². The number of H-pyrrole nitrogens is 1. The molecule has 0 saturated carbocycles. The van der Waals surface area contributed by atoms with Gasteiger partial charge in [-0.1, -0.05) is 17.7 Å². The van der Waals surface area contributed by atoms with Crippen LogP contribution < -0.4 is 10.9 Å². The summed E-state index contributed by atoms with van der Waals surface area (Å²) in [5.41, 5.74) is 0.403. The number of rotatable bonds is 7. The van der Waals surface area contributed by atoms with Gasteiger partial charge in [-0.2, -0.15) is 4.98 Å². The van der Waals surface area contributed by atoms with Crippen molar-refractivity contribution >= 4 is 26.9 Å². The normalized spacial score (nSPS) is 23.6. The number of aromatic nitrogens is 4. The zero-order valence-corrected chi connectivity index (χ0v) is 17.9. The second-order valence-electron chi connectivity index (χ2n) is 7.53. The second kappa shape index (κ2) is 8.60. The van der Waals surface area contributed by atoms with E-state index < -0.39 is 46.5 Å². The van der Waals surface area contributed by atoms with Crippen molar-refractivity contribution in [1.82, 2.24) is 19.5 Å². The molecule has 5 N–H and O–H groups in total. The summed E-state index contributed by atoms with van der Waals surface area (Å²) < 4.78 is 31.7. The first kappa shape index (κ1) is 22.4. The van der Waals surface area contributed by atoms with Gasteiger partial charge in [-0.05, 0) is 19.1 Å². The molecule has 12 nitrogen and oxygen atoms in total. The fraction of sp³-hybridized carbons (Fsp3) is 0.421. The number of sulfone groups is 1. The molecular weight excluding hydrogens is 442 g/mol. The highest BCUT2D eigenvalue weighted by atomic mass is 32.2. The van der Waals surface area contributed by atoms with Crippen molar-refractivity contribution in [1.29, 1.82) is 0 Å². The fourth-order valence-electron chi connectivity index (χ4n) is 3.47. The molecule has 1 fully saturated rings. The number of benzene rings is 1. The van der Waals surface area contributed by atoms with E-state index in [0.717, 1.165) is 5.56 Å². The number of aryl methyl sites for hydroxylation is 1. The van der Waals surface area contributed by atoms with E-state index in [2.05, 4.69) is 20.3 Å². The Morgan fingerprint density at radius 2 is 1.94 bits per heavy atom. The molecule has 3 heterocycles. The van der Waals surface area contributed by atoms with Gasteiger partial charge >= 0.3 is 0 Å². The highest BCUT2D eigenvalue weighted by molar-refractivity contribution is 7.91. The van der Waals surface area contributed by atoms with E-state index in [-0.39, 0.29) is 34.3 Å². The van der Waals surface area contributed by atoms with Gasteiger partial charge in [0.15, 0.2) is 27.2 Å². The molecule has 2 aromatic heterocycles. The van der Waals surface area contributed by atoms with Gasteiger partial charge < -0.3 is 25.4 Å². The van der Waals surface area contributed by atoms with Crippen molar-refractivity contribution in [3.8, 4) is 0 Å². The third-order valence-electron chi connectivity index (χ3n) is 5.27. The Balaban J connectivity index is 1.54. The second-order valence-corrected chi connectivity index (χ2v) is 9.64. The van der Waals surface area contributed by atoms with Crippen LogP contribution in [0.5, 0.6) is 0 Å². The van der Waals surface area contributed by atoms with Gasteiger partial charge in [0.1, 0.15) is 18.3 Å². The SMILES string of the molecule is Cc1ccc(S(=O)(=O)CCNc2nc3c(ncn3[C@@H]3O[C@H](CO)[C@@H](O)[C@H]3O)c(=O)[nH]2)cc1. The highest BCUT2D eigenvalue weighted by Gasteiger charge is 2.44. The molecular formula is C19H23N5O7S. The fourth-order valence-corrected chi connectivity index (χ4v) is 4.63. The largest absolute Gasteiger partial charge is 0.394 e. The van der Waals surface area contributed by atoms with E-state index in [9.17, 15) is 28.5 Å². The van der Waals surface area contributed by atoms with Crippen LogP contribution >= 0.6 is 0 Å². The van der Waals surface area contributed by atoms with Crippen LogP contribution in [-0.2, 0) is 14.6 Å². The molecule has 0 radical (unpaired) electrons. The summed E-state index contributed by atoms with van der Waals surface area (Å²) in [5.74, 6) is -0.221. The maximum Gasteiger partial charge on any atom is 0.280 e. The van der Waals surface area contributed by atoms with Crippen LogP contribution in [0.25, 0.3) is 11.2 Å². The van der Waals surface area contributed by atoms with Crippen LogP contribution in [0.1, 0.15) is 11.8 Å². The summed E-state index contributed by atoms with van der Waals surface area (Å²) in [5, 5.41) is 32.3. The minimum atomic E-state index is -3.54. The smallest absolute Gasteiger partial charge is 0.280 e. The highest BCUT2D eigenvalue weighted by Crippen LogP contribution is 2.30. The molecule has 32 heavy (non-hydrogen) atoms. The molecule has 1 saturated heterocycles. The van der Waals surface area contributed by atoms with Crippen LogP contribution in [-0.4, -0.2) is 80.5 Å². The molecule has 0 spiro atoms. The van der Waals surface area contributed by atoms with Gasteiger partial charge in [-0.25, -0.2) is 13.4 Å². The van der Waals surface area contributed by atoms with Crippen molar-refractivity contribution < 1.29 is 28.5 Å². The minimum absolute atomic E-state index is 0.00935. The molecule has 0 aliphatic carbocycles. The molecule has 0 bridgehead atoms. The van der Waals surface area contributed by atoms with Crippen molar-refractivity contribution in [3.63, 3.8) is 0 Å². The number of ether oxygens (including phenoxy) is 1. The monoisotopic (exact) mass is 465 g/mol.